The number of ether oxygens (including phenoxy) is 1. The van der Waals surface area contributed by atoms with Gasteiger partial charge in [0.1, 0.15) is 23.9 Å². The third-order valence-corrected chi connectivity index (χ3v) is 5.69. The molecule has 1 N–H and O–H groups in total. The molecule has 1 aromatic heterocycles. The number of aliphatic hydroxyl groups excluding tert-OH is 1. The van der Waals surface area contributed by atoms with Crippen molar-refractivity contribution in [3.05, 3.63) is 53.5 Å². The minimum Gasteiger partial charge on any atom is -0.496 e. The Morgan fingerprint density at radius 3 is 2.52 bits per heavy atom. The van der Waals surface area contributed by atoms with E-state index in [1.165, 1.54) is 18.4 Å². The molecule has 0 spiro atoms. The fraction of sp³-hybridized carbons (Fsp3) is 0.583. The van der Waals surface area contributed by atoms with Crippen LogP contribution in [0, 0.1) is 11.8 Å². The van der Waals surface area contributed by atoms with Crippen LogP contribution in [0.25, 0.3) is 0 Å². The molecule has 1 fully saturated rings. The Kier molecular flexibility index (Phi) is 8.16. The monoisotopic (exact) mass is 400 g/mol. The van der Waals surface area contributed by atoms with Gasteiger partial charge in [0.05, 0.1) is 13.7 Å². The van der Waals surface area contributed by atoms with Crippen LogP contribution in [0.3, 0.4) is 0 Å². The summed E-state index contributed by atoms with van der Waals surface area (Å²) < 4.78 is 11.2. The first-order valence-corrected chi connectivity index (χ1v) is 10.8. The number of likely N-dealkylation sites (tertiary alicyclic amines) is 1. The van der Waals surface area contributed by atoms with Gasteiger partial charge in [-0.25, -0.2) is 0 Å². The van der Waals surface area contributed by atoms with Crippen molar-refractivity contribution < 1.29 is 14.3 Å². The second-order valence-corrected chi connectivity index (χ2v) is 8.65. The number of hydrogen-bond acceptors (Lipinski definition) is 5. The summed E-state index contributed by atoms with van der Waals surface area (Å²) in [4.78, 5) is 5.06. The molecule has 0 aliphatic carbocycles. The molecule has 0 radical (unpaired) electrons. The minimum absolute atomic E-state index is 0.0329. The summed E-state index contributed by atoms with van der Waals surface area (Å²) in [5.74, 6) is 3.92. The van der Waals surface area contributed by atoms with Crippen molar-refractivity contribution in [2.75, 3.05) is 33.3 Å². The predicted octanol–water partition coefficient (Wildman–Crippen LogP) is 4.15. The molecule has 0 amide bonds. The summed E-state index contributed by atoms with van der Waals surface area (Å²) >= 11 is 0. The minimum atomic E-state index is -0.0329. The van der Waals surface area contributed by atoms with Gasteiger partial charge < -0.3 is 14.3 Å². The number of methoxy groups -OCH3 is 1. The lowest BCUT2D eigenvalue weighted by atomic mass is 9.95. The Morgan fingerprint density at radius 1 is 1.14 bits per heavy atom. The van der Waals surface area contributed by atoms with Crippen LogP contribution in [0.5, 0.6) is 5.75 Å². The molecule has 1 aromatic carbocycles. The second kappa shape index (κ2) is 10.8. The molecule has 5 nitrogen and oxygen atoms in total. The van der Waals surface area contributed by atoms with Gasteiger partial charge in [-0.05, 0) is 56.0 Å². The third-order valence-electron chi connectivity index (χ3n) is 5.69. The van der Waals surface area contributed by atoms with E-state index in [2.05, 4.69) is 35.8 Å². The van der Waals surface area contributed by atoms with E-state index < -0.39 is 0 Å². The largest absolute Gasteiger partial charge is 0.496 e. The Balaban J connectivity index is 1.51. The van der Waals surface area contributed by atoms with Gasteiger partial charge in [-0.2, -0.15) is 0 Å². The molecule has 160 valence electrons. The number of piperidine rings is 1. The molecule has 0 unspecified atom stereocenters. The number of hydrogen-bond donors (Lipinski definition) is 1. The molecule has 5 heteroatoms. The van der Waals surface area contributed by atoms with Gasteiger partial charge in [0.2, 0.25) is 0 Å². The predicted molar refractivity (Wildman–Crippen MR) is 116 cm³/mol. The maximum atomic E-state index is 9.24. The van der Waals surface area contributed by atoms with Crippen LogP contribution in [0.15, 0.2) is 40.8 Å². The average Bonchev–Trinajstić information content (AvgIpc) is 3.17. The Bertz CT molecular complexity index is 735. The van der Waals surface area contributed by atoms with Gasteiger partial charge in [-0.15, -0.1) is 0 Å². The molecule has 0 saturated carbocycles. The molecular formula is C24H36N2O3. The van der Waals surface area contributed by atoms with E-state index in [-0.39, 0.29) is 6.61 Å². The Labute approximate surface area is 175 Å². The number of rotatable bonds is 10. The van der Waals surface area contributed by atoms with Crippen molar-refractivity contribution in [1.82, 2.24) is 9.80 Å². The smallest absolute Gasteiger partial charge is 0.129 e. The number of nitrogens with zero attached hydrogens (tertiary/aromatic N) is 2. The first-order chi connectivity index (χ1) is 14.1. The van der Waals surface area contributed by atoms with Crippen LogP contribution < -0.4 is 4.74 Å². The average molecular weight is 401 g/mol. The lowest BCUT2D eigenvalue weighted by Crippen LogP contribution is -2.39. The highest BCUT2D eigenvalue weighted by atomic mass is 16.5. The number of para-hydroxylation sites is 1. The molecule has 1 saturated heterocycles. The lowest BCUT2D eigenvalue weighted by Gasteiger charge is -2.35. The molecular weight excluding hydrogens is 364 g/mol. The molecule has 0 atom stereocenters. The summed E-state index contributed by atoms with van der Waals surface area (Å²) in [6.07, 6.45) is 2.45. The fourth-order valence-electron chi connectivity index (χ4n) is 4.30. The van der Waals surface area contributed by atoms with Gasteiger partial charge in [0, 0.05) is 25.2 Å². The van der Waals surface area contributed by atoms with E-state index >= 15 is 0 Å². The maximum Gasteiger partial charge on any atom is 0.129 e. The topological polar surface area (TPSA) is 49.1 Å². The first kappa shape index (κ1) is 21.9. The van der Waals surface area contributed by atoms with E-state index in [0.717, 1.165) is 56.7 Å². The van der Waals surface area contributed by atoms with Gasteiger partial charge >= 0.3 is 0 Å². The van der Waals surface area contributed by atoms with E-state index in [1.54, 1.807) is 7.11 Å². The van der Waals surface area contributed by atoms with E-state index in [9.17, 15) is 5.11 Å². The molecule has 0 bridgehead atoms. The van der Waals surface area contributed by atoms with Crippen molar-refractivity contribution in [1.29, 1.82) is 0 Å². The first-order valence-electron chi connectivity index (χ1n) is 10.8. The summed E-state index contributed by atoms with van der Waals surface area (Å²) in [6.45, 7) is 10.7. The highest BCUT2D eigenvalue weighted by Gasteiger charge is 2.23. The number of aliphatic hydroxyl groups is 1. The van der Waals surface area contributed by atoms with Crippen LogP contribution >= 0.6 is 0 Å². The zero-order valence-corrected chi connectivity index (χ0v) is 18.1. The zero-order valence-electron chi connectivity index (χ0n) is 18.1. The van der Waals surface area contributed by atoms with Crippen LogP contribution in [-0.2, 0) is 19.7 Å². The van der Waals surface area contributed by atoms with Crippen molar-refractivity contribution >= 4 is 0 Å². The van der Waals surface area contributed by atoms with Crippen LogP contribution in [0.2, 0.25) is 0 Å². The van der Waals surface area contributed by atoms with E-state index in [4.69, 9.17) is 9.15 Å². The van der Waals surface area contributed by atoms with Crippen LogP contribution in [0.4, 0.5) is 0 Å². The molecule has 29 heavy (non-hydrogen) atoms. The quantitative estimate of drug-likeness (QED) is 0.649. The standard InChI is InChI=1S/C24H36N2O3/c1-19(2)14-26(17-22-8-9-23(18-27)29-22)15-20-10-12-25(13-11-20)16-21-6-4-5-7-24(21)28-3/h4-9,19-20,27H,10-18H2,1-3H3. The van der Waals surface area contributed by atoms with E-state index in [1.807, 2.05) is 24.3 Å². The SMILES string of the molecule is COc1ccccc1CN1CCC(CN(Cc2ccc(CO)o2)CC(C)C)CC1. The lowest BCUT2D eigenvalue weighted by molar-refractivity contribution is 0.122. The van der Waals surface area contributed by atoms with Crippen molar-refractivity contribution in [2.45, 2.75) is 46.4 Å². The summed E-state index contributed by atoms with van der Waals surface area (Å²) in [5, 5.41) is 9.24. The second-order valence-electron chi connectivity index (χ2n) is 8.65. The van der Waals surface area contributed by atoms with Crippen molar-refractivity contribution in [2.24, 2.45) is 11.8 Å². The maximum absolute atomic E-state index is 9.24. The molecule has 3 rings (SSSR count). The highest BCUT2D eigenvalue weighted by molar-refractivity contribution is 5.33. The number of furan rings is 1. The van der Waals surface area contributed by atoms with Crippen LogP contribution in [-0.4, -0.2) is 48.2 Å². The molecule has 2 heterocycles. The number of benzene rings is 1. The Hall–Kier alpha value is -1.82. The van der Waals surface area contributed by atoms with Gasteiger partial charge in [0.25, 0.3) is 0 Å². The summed E-state index contributed by atoms with van der Waals surface area (Å²) in [7, 11) is 1.75. The van der Waals surface area contributed by atoms with Crippen molar-refractivity contribution in [3.63, 3.8) is 0 Å². The van der Waals surface area contributed by atoms with Crippen molar-refractivity contribution in [3.8, 4) is 5.75 Å². The van der Waals surface area contributed by atoms with Gasteiger partial charge in [0.15, 0.2) is 0 Å². The van der Waals surface area contributed by atoms with Gasteiger partial charge in [-0.3, -0.25) is 9.80 Å². The molecule has 2 aromatic rings. The highest BCUT2D eigenvalue weighted by Crippen LogP contribution is 2.25. The normalized spacial score (nSPS) is 16.1. The fourth-order valence-corrected chi connectivity index (χ4v) is 4.30. The molecule has 1 aliphatic rings. The van der Waals surface area contributed by atoms with E-state index in [0.29, 0.717) is 11.7 Å². The zero-order chi connectivity index (χ0) is 20.6. The molecule has 1 aliphatic heterocycles. The van der Waals surface area contributed by atoms with Crippen LogP contribution in [0.1, 0.15) is 43.8 Å². The van der Waals surface area contributed by atoms with Gasteiger partial charge in [-0.1, -0.05) is 32.0 Å². The Morgan fingerprint density at radius 2 is 1.86 bits per heavy atom. The third kappa shape index (κ3) is 6.59. The summed E-state index contributed by atoms with van der Waals surface area (Å²) in [6, 6.07) is 12.2. The summed E-state index contributed by atoms with van der Waals surface area (Å²) in [5.41, 5.74) is 1.27.